The Hall–Kier alpha value is -1.99. The van der Waals surface area contributed by atoms with E-state index in [4.69, 9.17) is 9.84 Å². The Morgan fingerprint density at radius 1 is 1.45 bits per heavy atom. The minimum atomic E-state index is -0.456. The summed E-state index contributed by atoms with van der Waals surface area (Å²) < 4.78 is 5.08. The Morgan fingerprint density at radius 3 is 2.85 bits per heavy atom. The number of carbonyl (C=O) groups is 1. The summed E-state index contributed by atoms with van der Waals surface area (Å²) >= 11 is 0. The number of rotatable bonds is 4. The van der Waals surface area contributed by atoms with E-state index in [0.29, 0.717) is 24.6 Å². The van der Waals surface area contributed by atoms with Crippen LogP contribution in [0.2, 0.25) is 0 Å². The number of carbonyl (C=O) groups excluding carboxylic acids is 1. The zero-order chi connectivity index (χ0) is 15.0. The summed E-state index contributed by atoms with van der Waals surface area (Å²) in [5, 5.41) is 11.4. The number of aliphatic hydroxyl groups excluding tert-OH is 1. The molecule has 0 aromatic heterocycles. The van der Waals surface area contributed by atoms with Gasteiger partial charge in [-0.15, -0.1) is 0 Å². The van der Waals surface area contributed by atoms with E-state index >= 15 is 0 Å². The lowest BCUT2D eigenvalue weighted by Gasteiger charge is -2.11. The molecule has 1 rings (SSSR count). The monoisotopic (exact) mass is 275 g/mol. The molecule has 0 saturated carbocycles. The first kappa shape index (κ1) is 16.1. The summed E-state index contributed by atoms with van der Waals surface area (Å²) in [4.78, 5) is 11.6. The van der Waals surface area contributed by atoms with E-state index in [-0.39, 0.29) is 6.61 Å². The average molecular weight is 275 g/mol. The van der Waals surface area contributed by atoms with Crippen LogP contribution in [0.3, 0.4) is 0 Å². The third-order valence-electron chi connectivity index (χ3n) is 2.49. The number of hydrogen-bond acceptors (Lipinski definition) is 3. The Balaban J connectivity index is 2.72. The lowest BCUT2D eigenvalue weighted by atomic mass is 10.1. The highest BCUT2D eigenvalue weighted by atomic mass is 16.5. The molecule has 4 nitrogen and oxygen atoms in total. The van der Waals surface area contributed by atoms with Gasteiger partial charge in [0, 0.05) is 17.7 Å². The molecule has 0 aliphatic carbocycles. The van der Waals surface area contributed by atoms with Crippen molar-refractivity contribution in [2.45, 2.75) is 27.2 Å². The van der Waals surface area contributed by atoms with Crippen molar-refractivity contribution in [1.29, 1.82) is 0 Å². The van der Waals surface area contributed by atoms with Crippen LogP contribution in [0.25, 0.3) is 0 Å². The Morgan fingerprint density at radius 2 is 2.20 bits per heavy atom. The minimum Gasteiger partial charge on any atom is -0.449 e. The molecule has 0 aliphatic heterocycles. The van der Waals surface area contributed by atoms with Gasteiger partial charge in [0.1, 0.15) is 0 Å². The third kappa shape index (κ3) is 5.77. The van der Waals surface area contributed by atoms with Crippen LogP contribution < -0.4 is 5.32 Å². The van der Waals surface area contributed by atoms with Gasteiger partial charge in [-0.25, -0.2) is 4.79 Å². The number of hydrogen-bond donors (Lipinski definition) is 2. The number of ether oxygens (including phenoxy) is 1. The molecule has 0 radical (unpaired) electrons. The summed E-state index contributed by atoms with van der Waals surface area (Å²) in [5.74, 6) is 6.09. The summed E-state index contributed by atoms with van der Waals surface area (Å²) in [6, 6.07) is 5.57. The first-order chi connectivity index (χ1) is 9.52. The molecule has 0 unspecified atom stereocenters. The van der Waals surface area contributed by atoms with E-state index in [2.05, 4.69) is 17.2 Å². The minimum absolute atomic E-state index is 0.0471. The molecule has 0 heterocycles. The standard InChI is InChI=1S/C16H21NO3/c1-12(2)11-20-16(19)17-15-10-14(6-4-5-9-18)8-7-13(15)3/h7-8,10,12,18H,5,9,11H2,1-3H3,(H,17,19). The first-order valence-corrected chi connectivity index (χ1v) is 6.67. The second kappa shape index (κ2) is 8.23. The van der Waals surface area contributed by atoms with E-state index < -0.39 is 6.09 Å². The van der Waals surface area contributed by atoms with Gasteiger partial charge in [-0.05, 0) is 30.5 Å². The molecule has 1 aromatic rings. The molecule has 0 bridgehead atoms. The molecule has 0 spiro atoms. The van der Waals surface area contributed by atoms with Gasteiger partial charge in [0.25, 0.3) is 0 Å². The highest BCUT2D eigenvalue weighted by Crippen LogP contribution is 2.16. The lowest BCUT2D eigenvalue weighted by molar-refractivity contribution is 0.147. The van der Waals surface area contributed by atoms with E-state index in [0.717, 1.165) is 11.1 Å². The summed E-state index contributed by atoms with van der Waals surface area (Å²) in [5.41, 5.74) is 2.43. The van der Waals surface area contributed by atoms with Gasteiger partial charge in [-0.3, -0.25) is 5.32 Å². The highest BCUT2D eigenvalue weighted by Gasteiger charge is 2.07. The maximum absolute atomic E-state index is 11.6. The van der Waals surface area contributed by atoms with Crippen LogP contribution in [0.1, 0.15) is 31.4 Å². The summed E-state index contributed by atoms with van der Waals surface area (Å²) in [6.07, 6.45) is -0.0187. The van der Waals surface area contributed by atoms with Gasteiger partial charge >= 0.3 is 6.09 Å². The van der Waals surface area contributed by atoms with E-state index in [1.807, 2.05) is 32.9 Å². The molecule has 1 aromatic carbocycles. The van der Waals surface area contributed by atoms with Gasteiger partial charge in [0.05, 0.1) is 13.2 Å². The fourth-order valence-corrected chi connectivity index (χ4v) is 1.44. The second-order valence-electron chi connectivity index (χ2n) is 4.92. The third-order valence-corrected chi connectivity index (χ3v) is 2.49. The maximum atomic E-state index is 11.6. The molecule has 1 amide bonds. The number of anilines is 1. The summed E-state index contributed by atoms with van der Waals surface area (Å²) in [7, 11) is 0. The van der Waals surface area contributed by atoms with Gasteiger partial charge in [0.15, 0.2) is 0 Å². The Labute approximate surface area is 120 Å². The zero-order valence-corrected chi connectivity index (χ0v) is 12.2. The predicted molar refractivity (Wildman–Crippen MR) is 79.6 cm³/mol. The fourth-order valence-electron chi connectivity index (χ4n) is 1.44. The SMILES string of the molecule is Cc1ccc(C#CCCO)cc1NC(=O)OCC(C)C. The predicted octanol–water partition coefficient (Wildman–Crippen LogP) is 2.93. The molecule has 0 saturated heterocycles. The van der Waals surface area contributed by atoms with Crippen molar-refractivity contribution >= 4 is 11.8 Å². The van der Waals surface area contributed by atoms with Crippen LogP contribution in [-0.4, -0.2) is 24.4 Å². The number of aryl methyl sites for hydroxylation is 1. The van der Waals surface area contributed by atoms with E-state index in [9.17, 15) is 4.79 Å². The van der Waals surface area contributed by atoms with Crippen molar-refractivity contribution in [3.05, 3.63) is 29.3 Å². The Kier molecular flexibility index (Phi) is 6.61. The van der Waals surface area contributed by atoms with Gasteiger partial charge in [-0.1, -0.05) is 31.8 Å². The smallest absolute Gasteiger partial charge is 0.411 e. The Bertz CT molecular complexity index is 512. The van der Waals surface area contributed by atoms with Crippen molar-refractivity contribution in [2.75, 3.05) is 18.5 Å². The van der Waals surface area contributed by atoms with Crippen LogP contribution in [0, 0.1) is 24.7 Å². The number of amides is 1. The maximum Gasteiger partial charge on any atom is 0.411 e. The second-order valence-corrected chi connectivity index (χ2v) is 4.92. The van der Waals surface area contributed by atoms with E-state index in [1.165, 1.54) is 0 Å². The van der Waals surface area contributed by atoms with Gasteiger partial charge < -0.3 is 9.84 Å². The van der Waals surface area contributed by atoms with Crippen LogP contribution in [0.5, 0.6) is 0 Å². The molecule has 108 valence electrons. The molecule has 4 heteroatoms. The van der Waals surface area contributed by atoms with Crippen molar-refractivity contribution in [3.63, 3.8) is 0 Å². The number of benzene rings is 1. The summed E-state index contributed by atoms with van der Waals surface area (Å²) in [6.45, 7) is 6.31. The van der Waals surface area contributed by atoms with Crippen LogP contribution in [-0.2, 0) is 4.74 Å². The van der Waals surface area contributed by atoms with Crippen molar-refractivity contribution in [3.8, 4) is 11.8 Å². The fraction of sp³-hybridized carbons (Fsp3) is 0.438. The molecule has 2 N–H and O–H groups in total. The van der Waals surface area contributed by atoms with Gasteiger partial charge in [-0.2, -0.15) is 0 Å². The van der Waals surface area contributed by atoms with Crippen molar-refractivity contribution in [1.82, 2.24) is 0 Å². The van der Waals surface area contributed by atoms with Gasteiger partial charge in [0.2, 0.25) is 0 Å². The molecular formula is C16H21NO3. The van der Waals surface area contributed by atoms with Crippen LogP contribution in [0.15, 0.2) is 18.2 Å². The zero-order valence-electron chi connectivity index (χ0n) is 12.2. The van der Waals surface area contributed by atoms with Crippen molar-refractivity contribution in [2.24, 2.45) is 5.92 Å². The van der Waals surface area contributed by atoms with E-state index in [1.54, 1.807) is 6.07 Å². The normalized spacial score (nSPS) is 9.85. The topological polar surface area (TPSA) is 58.6 Å². The molecule has 20 heavy (non-hydrogen) atoms. The number of nitrogens with one attached hydrogen (secondary N) is 1. The largest absolute Gasteiger partial charge is 0.449 e. The molecular weight excluding hydrogens is 254 g/mol. The molecule has 0 fully saturated rings. The molecule has 0 atom stereocenters. The van der Waals surface area contributed by atoms with Crippen LogP contribution >= 0.6 is 0 Å². The lowest BCUT2D eigenvalue weighted by Crippen LogP contribution is -2.17. The highest BCUT2D eigenvalue weighted by molar-refractivity contribution is 5.86. The number of aliphatic hydroxyl groups is 1. The average Bonchev–Trinajstić information content (AvgIpc) is 2.40. The first-order valence-electron chi connectivity index (χ1n) is 6.67. The quantitative estimate of drug-likeness (QED) is 0.831. The van der Waals surface area contributed by atoms with Crippen LogP contribution in [0.4, 0.5) is 10.5 Å². The van der Waals surface area contributed by atoms with Crippen molar-refractivity contribution < 1.29 is 14.6 Å². The molecule has 0 aliphatic rings.